The van der Waals surface area contributed by atoms with E-state index in [1.54, 1.807) is 17.0 Å². The Morgan fingerprint density at radius 1 is 0.786 bits per heavy atom. The lowest BCUT2D eigenvalue weighted by molar-refractivity contribution is -0.136. The summed E-state index contributed by atoms with van der Waals surface area (Å²) in [6, 6.07) is 27.0. The van der Waals surface area contributed by atoms with Crippen molar-refractivity contribution in [2.45, 2.75) is 51.6 Å². The molecule has 0 spiro atoms. The van der Waals surface area contributed by atoms with Gasteiger partial charge in [-0.15, -0.1) is 0 Å². The SMILES string of the molecule is CC/C(=C(\c1ccc(O)cc1)c1ccc(N2CCC(CN3CCN(c4c(F)cc5c(c4F)CN(C4CCC(=O)NC4=O)C5=O)CC3)CC2)cc1)c1ccccc1. The third-order valence-electron chi connectivity index (χ3n) is 12.0. The van der Waals surface area contributed by atoms with E-state index in [1.165, 1.54) is 21.7 Å². The van der Waals surface area contributed by atoms with Crippen LogP contribution in [0.25, 0.3) is 11.1 Å². The molecule has 3 fully saturated rings. The second-order valence-corrected chi connectivity index (χ2v) is 15.3. The number of piperidine rings is 2. The second kappa shape index (κ2) is 15.9. The Morgan fingerprint density at radius 3 is 2.09 bits per heavy atom. The molecule has 4 aromatic carbocycles. The molecule has 290 valence electrons. The lowest BCUT2D eigenvalue weighted by atomic mass is 9.88. The summed E-state index contributed by atoms with van der Waals surface area (Å²) in [6.07, 6.45) is 3.23. The van der Waals surface area contributed by atoms with Crippen molar-refractivity contribution in [2.75, 3.05) is 55.6 Å². The van der Waals surface area contributed by atoms with Gasteiger partial charge in [0.05, 0.1) is 12.1 Å². The Bertz CT molecular complexity index is 2140. The molecule has 1 atom stereocenters. The fraction of sp³-hybridized carbons (Fsp3) is 0.356. The van der Waals surface area contributed by atoms with E-state index in [9.17, 15) is 19.5 Å². The zero-order chi connectivity index (χ0) is 38.9. The summed E-state index contributed by atoms with van der Waals surface area (Å²) in [5.41, 5.74) is 6.94. The number of benzene rings is 4. The molecule has 3 saturated heterocycles. The monoisotopic (exact) mass is 759 g/mol. The summed E-state index contributed by atoms with van der Waals surface area (Å²) < 4.78 is 31.4. The van der Waals surface area contributed by atoms with Crippen LogP contribution in [0.3, 0.4) is 0 Å². The lowest BCUT2D eigenvalue weighted by Crippen LogP contribution is -2.52. The van der Waals surface area contributed by atoms with Gasteiger partial charge in [-0.2, -0.15) is 0 Å². The number of phenols is 1. The van der Waals surface area contributed by atoms with Gasteiger partial charge in [-0.3, -0.25) is 24.6 Å². The Labute approximate surface area is 326 Å². The van der Waals surface area contributed by atoms with Gasteiger partial charge in [0.2, 0.25) is 11.8 Å². The number of fused-ring (bicyclic) bond motifs is 1. The first-order valence-electron chi connectivity index (χ1n) is 19.7. The van der Waals surface area contributed by atoms with Gasteiger partial charge in [0.15, 0.2) is 5.82 Å². The molecule has 0 bridgehead atoms. The molecule has 4 aliphatic heterocycles. The van der Waals surface area contributed by atoms with E-state index in [0.717, 1.165) is 61.7 Å². The number of nitrogens with zero attached hydrogens (tertiary/aromatic N) is 4. The van der Waals surface area contributed by atoms with Gasteiger partial charge < -0.3 is 19.8 Å². The lowest BCUT2D eigenvalue weighted by Gasteiger charge is -2.40. The number of carbonyl (C=O) groups excluding carboxylic acids is 3. The molecule has 0 aromatic heterocycles. The van der Waals surface area contributed by atoms with Crippen molar-refractivity contribution in [1.29, 1.82) is 0 Å². The Morgan fingerprint density at radius 2 is 1.45 bits per heavy atom. The molecule has 1 unspecified atom stereocenters. The maximum Gasteiger partial charge on any atom is 0.255 e. The number of amides is 3. The Balaban J connectivity index is 0.873. The van der Waals surface area contributed by atoms with Crippen LogP contribution in [-0.2, 0) is 16.1 Å². The summed E-state index contributed by atoms with van der Waals surface area (Å²) >= 11 is 0. The van der Waals surface area contributed by atoms with Gasteiger partial charge in [0.25, 0.3) is 5.91 Å². The van der Waals surface area contributed by atoms with E-state index in [4.69, 9.17) is 0 Å². The molecule has 4 aromatic rings. The van der Waals surface area contributed by atoms with Crippen molar-refractivity contribution in [1.82, 2.24) is 15.1 Å². The number of carbonyl (C=O) groups is 3. The number of phenolic OH excluding ortho intramolecular Hbond substituents is 1. The summed E-state index contributed by atoms with van der Waals surface area (Å²) in [6.45, 7) is 7.18. The first-order valence-corrected chi connectivity index (χ1v) is 19.7. The average molecular weight is 760 g/mol. The number of halogens is 2. The van der Waals surface area contributed by atoms with E-state index < -0.39 is 35.4 Å². The molecular weight excluding hydrogens is 713 g/mol. The summed E-state index contributed by atoms with van der Waals surface area (Å²) in [5.74, 6) is -2.32. The predicted molar refractivity (Wildman–Crippen MR) is 213 cm³/mol. The van der Waals surface area contributed by atoms with Crippen molar-refractivity contribution in [3.63, 3.8) is 0 Å². The zero-order valence-corrected chi connectivity index (χ0v) is 31.6. The summed E-state index contributed by atoms with van der Waals surface area (Å²) in [4.78, 5) is 45.0. The van der Waals surface area contributed by atoms with Crippen LogP contribution in [0.1, 0.15) is 71.6 Å². The molecule has 3 amide bonds. The Hall–Kier alpha value is -5.55. The van der Waals surface area contributed by atoms with E-state index in [-0.39, 0.29) is 42.0 Å². The van der Waals surface area contributed by atoms with E-state index >= 15 is 8.78 Å². The van der Waals surface area contributed by atoms with Crippen LogP contribution < -0.4 is 15.1 Å². The summed E-state index contributed by atoms with van der Waals surface area (Å²) in [7, 11) is 0. The number of hydrogen-bond donors (Lipinski definition) is 2. The normalized spacial score (nSPS) is 19.9. The maximum absolute atomic E-state index is 16.0. The van der Waals surface area contributed by atoms with Crippen LogP contribution in [0.15, 0.2) is 84.9 Å². The van der Waals surface area contributed by atoms with Crippen molar-refractivity contribution in [3.8, 4) is 5.75 Å². The number of nitrogens with one attached hydrogen (secondary N) is 1. The van der Waals surface area contributed by atoms with Crippen LogP contribution >= 0.6 is 0 Å². The van der Waals surface area contributed by atoms with Crippen LogP contribution in [-0.4, -0.2) is 84.5 Å². The van der Waals surface area contributed by atoms with Crippen LogP contribution in [0.5, 0.6) is 5.75 Å². The van der Waals surface area contributed by atoms with Crippen molar-refractivity contribution < 1.29 is 28.3 Å². The highest BCUT2D eigenvalue weighted by Gasteiger charge is 2.42. The number of piperazine rings is 1. The fourth-order valence-corrected chi connectivity index (χ4v) is 8.95. The predicted octanol–water partition coefficient (Wildman–Crippen LogP) is 6.84. The summed E-state index contributed by atoms with van der Waals surface area (Å²) in [5, 5.41) is 12.2. The first kappa shape index (κ1) is 37.4. The number of anilines is 2. The highest BCUT2D eigenvalue weighted by atomic mass is 19.1. The van der Waals surface area contributed by atoms with Gasteiger partial charge in [0, 0.05) is 63.5 Å². The zero-order valence-electron chi connectivity index (χ0n) is 31.6. The largest absolute Gasteiger partial charge is 0.508 e. The van der Waals surface area contributed by atoms with Crippen molar-refractivity contribution in [3.05, 3.63) is 124 Å². The number of aromatic hydroxyl groups is 1. The molecule has 11 heteroatoms. The second-order valence-electron chi connectivity index (χ2n) is 15.3. The van der Waals surface area contributed by atoms with Gasteiger partial charge in [0.1, 0.15) is 23.3 Å². The van der Waals surface area contributed by atoms with E-state index in [0.29, 0.717) is 32.1 Å². The van der Waals surface area contributed by atoms with Gasteiger partial charge in [-0.05, 0) is 89.8 Å². The van der Waals surface area contributed by atoms with Gasteiger partial charge in [-0.1, -0.05) is 61.5 Å². The quantitative estimate of drug-likeness (QED) is 0.143. The first-order chi connectivity index (χ1) is 27.2. The molecule has 0 saturated carbocycles. The van der Waals surface area contributed by atoms with Crippen LogP contribution in [0.4, 0.5) is 20.2 Å². The minimum Gasteiger partial charge on any atom is -0.508 e. The maximum atomic E-state index is 16.0. The van der Waals surface area contributed by atoms with Gasteiger partial charge >= 0.3 is 0 Å². The highest BCUT2D eigenvalue weighted by Crippen LogP contribution is 2.38. The van der Waals surface area contributed by atoms with E-state index in [2.05, 4.69) is 70.6 Å². The highest BCUT2D eigenvalue weighted by molar-refractivity contribution is 6.05. The number of allylic oxidation sites excluding steroid dienone is 1. The topological polar surface area (TPSA) is 96.4 Å². The van der Waals surface area contributed by atoms with Crippen molar-refractivity contribution >= 4 is 40.2 Å². The third kappa shape index (κ3) is 7.40. The third-order valence-corrected chi connectivity index (χ3v) is 12.0. The molecule has 9 nitrogen and oxygen atoms in total. The molecule has 4 heterocycles. The van der Waals surface area contributed by atoms with Gasteiger partial charge in [-0.25, -0.2) is 8.78 Å². The number of imide groups is 1. The standard InChI is InChI=1S/C45H47F2N5O4/c1-2-35(30-6-4-3-5-7-30)41(32-10-14-34(53)15-11-32)31-8-12-33(13-9-31)50-20-18-29(19-21-50)27-49-22-24-51(25-23-49)43-38(46)26-36-37(42(43)47)28-52(45(36)56)39-16-17-40(54)48-44(39)55/h3-15,26,29,39,53H,2,16-25,27-28H2,1H3,(H,48,54,55)/b41-35+. The number of hydrogen-bond acceptors (Lipinski definition) is 7. The van der Waals surface area contributed by atoms with Crippen LogP contribution in [0.2, 0.25) is 0 Å². The van der Waals surface area contributed by atoms with E-state index in [1.807, 2.05) is 18.2 Å². The molecule has 0 aliphatic carbocycles. The molecule has 2 N–H and O–H groups in total. The molecule has 8 rings (SSSR count). The minimum atomic E-state index is -0.887. The molecule has 4 aliphatic rings. The van der Waals surface area contributed by atoms with Crippen molar-refractivity contribution in [2.24, 2.45) is 5.92 Å². The van der Waals surface area contributed by atoms with Crippen LogP contribution in [0, 0.1) is 17.6 Å². The molecule has 0 radical (unpaired) electrons. The smallest absolute Gasteiger partial charge is 0.255 e. The molecular formula is C45H47F2N5O4. The molecule has 56 heavy (non-hydrogen) atoms. The average Bonchev–Trinajstić information content (AvgIpc) is 3.54. The Kier molecular flexibility index (Phi) is 10.6. The number of rotatable bonds is 9. The minimum absolute atomic E-state index is 0.0567. The fourth-order valence-electron chi connectivity index (χ4n) is 8.95.